The average Bonchev–Trinajstić information content (AvgIpc) is 4.18. The lowest BCUT2D eigenvalue weighted by molar-refractivity contribution is -0.124. The fourth-order valence-electron chi connectivity index (χ4n) is 14.9. The van der Waals surface area contributed by atoms with Gasteiger partial charge in [-0.1, -0.05) is 66.8 Å². The predicted octanol–water partition coefficient (Wildman–Crippen LogP) is 6.41. The Labute approximate surface area is 384 Å². The highest BCUT2D eigenvalue weighted by atomic mass is 16.5. The number of hydrogen-bond acceptors (Lipinski definition) is 9. The average molecular weight is 893 g/mol. The van der Waals surface area contributed by atoms with E-state index < -0.39 is 0 Å². The SMILES string of the molecule is O=C1C2C3C=CC(C3)C2C(=O)N1c1cccc(N2C(=O)C3C4C=CC(C4)C3C2=O)c1.O=C1C2C3C=CC(C3)C2C(=O)N1c1cccc(Oc2cccc(N3C(=O)C4C5C=CC(C5)C4C3=O)c2)c1. The summed E-state index contributed by atoms with van der Waals surface area (Å²) < 4.78 is 6.09. The molecule has 8 bridgehead atoms. The van der Waals surface area contributed by atoms with Gasteiger partial charge in [-0.15, -0.1) is 0 Å². The first-order chi connectivity index (χ1) is 32.5. The molecule has 13 heteroatoms. The molecule has 4 saturated heterocycles. The number of anilines is 4. The van der Waals surface area contributed by atoms with Gasteiger partial charge in [0.25, 0.3) is 0 Å². The minimum Gasteiger partial charge on any atom is -0.457 e. The molecule has 4 aliphatic heterocycles. The van der Waals surface area contributed by atoms with E-state index in [-0.39, 0.29) is 142 Å². The lowest BCUT2D eigenvalue weighted by atomic mass is 9.85. The Morgan fingerprint density at radius 3 is 0.746 bits per heavy atom. The second-order valence-electron chi connectivity index (χ2n) is 20.7. The lowest BCUT2D eigenvalue weighted by Gasteiger charge is -2.21. The van der Waals surface area contributed by atoms with E-state index >= 15 is 0 Å². The van der Waals surface area contributed by atoms with Crippen molar-refractivity contribution >= 4 is 70.0 Å². The van der Waals surface area contributed by atoms with Crippen LogP contribution in [-0.2, 0) is 38.4 Å². The molecule has 0 aromatic heterocycles. The molecule has 16 unspecified atom stereocenters. The van der Waals surface area contributed by atoms with Gasteiger partial charge < -0.3 is 4.74 Å². The zero-order valence-electron chi connectivity index (χ0n) is 36.1. The van der Waals surface area contributed by atoms with Crippen LogP contribution < -0.4 is 24.3 Å². The fourth-order valence-corrected chi connectivity index (χ4v) is 14.9. The van der Waals surface area contributed by atoms with Gasteiger partial charge in [0, 0.05) is 12.1 Å². The molecule has 3 aromatic rings. The van der Waals surface area contributed by atoms with Gasteiger partial charge in [-0.3, -0.25) is 38.4 Å². The van der Waals surface area contributed by atoms with Crippen LogP contribution in [0.3, 0.4) is 0 Å². The summed E-state index contributed by atoms with van der Waals surface area (Å²) in [5, 5.41) is 0. The number of imide groups is 4. The van der Waals surface area contributed by atoms with Crippen LogP contribution in [0.15, 0.2) is 121 Å². The summed E-state index contributed by atoms with van der Waals surface area (Å²) >= 11 is 0. The van der Waals surface area contributed by atoms with Crippen LogP contribution in [0, 0.1) is 94.7 Å². The quantitative estimate of drug-likeness (QED) is 0.201. The Bertz CT molecular complexity index is 2680. The topological polar surface area (TPSA) is 159 Å². The summed E-state index contributed by atoms with van der Waals surface area (Å²) in [5.41, 5.74) is 1.90. The number of carbonyl (C=O) groups is 8. The van der Waals surface area contributed by atoms with Crippen LogP contribution in [0.2, 0.25) is 0 Å². The highest BCUT2D eigenvalue weighted by molar-refractivity contribution is 6.26. The number of rotatable bonds is 6. The maximum Gasteiger partial charge on any atom is 0.238 e. The Kier molecular flexibility index (Phi) is 8.05. The van der Waals surface area contributed by atoms with Gasteiger partial charge in [0.05, 0.1) is 70.1 Å². The van der Waals surface area contributed by atoms with Crippen molar-refractivity contribution in [1.29, 1.82) is 0 Å². The van der Waals surface area contributed by atoms with Gasteiger partial charge in [0.1, 0.15) is 11.5 Å². The Balaban J connectivity index is 0.000000130. The van der Waals surface area contributed by atoms with Crippen LogP contribution >= 0.6 is 0 Å². The molecule has 12 aliphatic rings. The summed E-state index contributed by atoms with van der Waals surface area (Å²) in [6.07, 6.45) is 20.2. The summed E-state index contributed by atoms with van der Waals surface area (Å²) in [4.78, 5) is 110. The molecule has 13 nitrogen and oxygen atoms in total. The summed E-state index contributed by atoms with van der Waals surface area (Å²) in [5.74, 6) is -1.15. The molecule has 0 radical (unpaired) electrons. The molecule has 4 saturated carbocycles. The van der Waals surface area contributed by atoms with Gasteiger partial charge >= 0.3 is 0 Å². The van der Waals surface area contributed by atoms with Crippen molar-refractivity contribution in [2.24, 2.45) is 94.7 Å². The lowest BCUT2D eigenvalue weighted by Crippen LogP contribution is -2.34. The molecular formula is C54H44N4O9. The fraction of sp³-hybridized carbons (Fsp3) is 0.370. The molecule has 3 aromatic carbocycles. The van der Waals surface area contributed by atoms with E-state index in [9.17, 15) is 38.4 Å². The second-order valence-corrected chi connectivity index (χ2v) is 20.7. The van der Waals surface area contributed by atoms with Gasteiger partial charge in [-0.25, -0.2) is 19.6 Å². The molecule has 334 valence electrons. The number of nitrogens with zero attached hydrogens (tertiary/aromatic N) is 4. The van der Waals surface area contributed by atoms with Crippen molar-refractivity contribution in [3.63, 3.8) is 0 Å². The summed E-state index contributed by atoms with van der Waals surface area (Å²) in [7, 11) is 0. The van der Waals surface area contributed by atoms with Crippen molar-refractivity contribution in [3.8, 4) is 11.5 Å². The molecule has 8 aliphatic carbocycles. The largest absolute Gasteiger partial charge is 0.457 e. The number of allylic oxidation sites excluding steroid dienone is 8. The number of ether oxygens (including phenoxy) is 1. The molecule has 0 N–H and O–H groups in total. The molecule has 15 rings (SSSR count). The van der Waals surface area contributed by atoms with Gasteiger partial charge in [-0.05, 0) is 115 Å². The predicted molar refractivity (Wildman–Crippen MR) is 240 cm³/mol. The molecule has 8 amide bonds. The summed E-state index contributed by atoms with van der Waals surface area (Å²) in [6, 6.07) is 20.7. The maximum absolute atomic E-state index is 13.2. The van der Waals surface area contributed by atoms with Crippen molar-refractivity contribution in [1.82, 2.24) is 0 Å². The number of amides is 8. The first kappa shape index (κ1) is 39.2. The van der Waals surface area contributed by atoms with Crippen molar-refractivity contribution in [2.45, 2.75) is 25.7 Å². The first-order valence-corrected chi connectivity index (χ1v) is 23.8. The molecule has 67 heavy (non-hydrogen) atoms. The summed E-state index contributed by atoms with van der Waals surface area (Å²) in [6.45, 7) is 0. The third-order valence-electron chi connectivity index (χ3n) is 17.6. The minimum atomic E-state index is -0.271. The third-order valence-corrected chi connectivity index (χ3v) is 17.6. The van der Waals surface area contributed by atoms with E-state index in [0.29, 0.717) is 34.2 Å². The van der Waals surface area contributed by atoms with Crippen LogP contribution in [0.25, 0.3) is 0 Å². The van der Waals surface area contributed by atoms with E-state index in [0.717, 1.165) is 25.7 Å². The van der Waals surface area contributed by atoms with Crippen LogP contribution in [0.4, 0.5) is 22.7 Å². The highest BCUT2D eigenvalue weighted by Crippen LogP contribution is 2.57. The normalized spacial score (nSPS) is 39.0. The number of carbonyl (C=O) groups excluding carboxylic acids is 8. The van der Waals surface area contributed by atoms with E-state index in [1.54, 1.807) is 72.8 Å². The smallest absolute Gasteiger partial charge is 0.238 e. The van der Waals surface area contributed by atoms with E-state index in [1.807, 2.05) is 0 Å². The van der Waals surface area contributed by atoms with Crippen LogP contribution in [-0.4, -0.2) is 47.3 Å². The second kappa shape index (κ2) is 13.8. The standard InChI is InChI=1S/C30H24N2O5.C24H20N2O4/c33-27-23-15-7-8-16(11-15)24(23)28(34)31(27)19-3-1-5-21(13-19)37-22-6-2-4-20(14-22)32-29(35)25-17-9-10-18(12-17)26(25)30(32)36;27-21-17-11-4-5-12(8-11)18(17)22(28)25(21)15-2-1-3-16(10-15)26-23(29)19-13-6-7-14(9-13)20(19)24(26)30/h1-10,13-18,23-26H,11-12H2;1-7,10-14,17-20H,8-9H2. The number of hydrogen-bond donors (Lipinski definition) is 0. The monoisotopic (exact) mass is 892 g/mol. The first-order valence-electron chi connectivity index (χ1n) is 23.8. The van der Waals surface area contributed by atoms with Crippen molar-refractivity contribution in [2.75, 3.05) is 19.6 Å². The van der Waals surface area contributed by atoms with E-state index in [4.69, 9.17) is 4.74 Å². The van der Waals surface area contributed by atoms with E-state index in [1.165, 1.54) is 19.6 Å². The van der Waals surface area contributed by atoms with Crippen molar-refractivity contribution in [3.05, 3.63) is 121 Å². The van der Waals surface area contributed by atoms with Crippen molar-refractivity contribution < 1.29 is 43.1 Å². The highest BCUT2D eigenvalue weighted by Gasteiger charge is 2.63. The Hall–Kier alpha value is -7.02. The molecule has 0 spiro atoms. The Morgan fingerprint density at radius 1 is 0.299 bits per heavy atom. The molecule has 16 atom stereocenters. The maximum atomic E-state index is 13.2. The van der Waals surface area contributed by atoms with Crippen LogP contribution in [0.1, 0.15) is 25.7 Å². The number of fused-ring (bicyclic) bond motifs is 20. The third kappa shape index (κ3) is 5.25. The zero-order chi connectivity index (χ0) is 45.3. The zero-order valence-corrected chi connectivity index (χ0v) is 36.1. The van der Waals surface area contributed by atoms with Gasteiger partial charge in [-0.2, -0.15) is 0 Å². The molecular weight excluding hydrogens is 849 g/mol. The number of benzene rings is 3. The van der Waals surface area contributed by atoms with Gasteiger partial charge in [0.2, 0.25) is 47.3 Å². The Morgan fingerprint density at radius 2 is 0.507 bits per heavy atom. The minimum absolute atomic E-state index is 0.133. The van der Waals surface area contributed by atoms with Gasteiger partial charge in [0.15, 0.2) is 0 Å². The van der Waals surface area contributed by atoms with E-state index in [2.05, 4.69) is 48.6 Å². The molecule has 4 heterocycles. The van der Waals surface area contributed by atoms with Crippen LogP contribution in [0.5, 0.6) is 11.5 Å². The molecule has 8 fully saturated rings.